The van der Waals surface area contributed by atoms with Crippen molar-refractivity contribution in [2.24, 2.45) is 0 Å². The van der Waals surface area contributed by atoms with Crippen molar-refractivity contribution in [2.45, 2.75) is 63.5 Å². The Kier molecular flexibility index (Phi) is 4.84. The van der Waals surface area contributed by atoms with Gasteiger partial charge in [0.2, 0.25) is 0 Å². The van der Waals surface area contributed by atoms with Crippen LogP contribution >= 0.6 is 0 Å². The predicted octanol–water partition coefficient (Wildman–Crippen LogP) is 3.64. The van der Waals surface area contributed by atoms with Gasteiger partial charge in [-0.2, -0.15) is 5.26 Å². The minimum Gasteiger partial charge on any atom is -0.507 e. The fourth-order valence-electron chi connectivity index (χ4n) is 4.87. The highest BCUT2D eigenvalue weighted by Gasteiger charge is 2.33. The third kappa shape index (κ3) is 3.67. The second-order valence-electron chi connectivity index (χ2n) is 8.61. The number of nitrogens with one attached hydrogen (secondary N) is 1. The molecule has 0 bridgehead atoms. The summed E-state index contributed by atoms with van der Waals surface area (Å²) in [4.78, 5) is 2.63. The number of piperidine rings is 1. The van der Waals surface area contributed by atoms with E-state index in [1.165, 1.54) is 49.4 Å². The molecule has 0 amide bonds. The van der Waals surface area contributed by atoms with Crippen molar-refractivity contribution in [3.05, 3.63) is 34.9 Å². The van der Waals surface area contributed by atoms with Gasteiger partial charge in [-0.05, 0) is 81.7 Å². The molecule has 0 unspecified atom stereocenters. The molecule has 1 aromatic heterocycles. The molecule has 1 aliphatic heterocycles. The first kappa shape index (κ1) is 18.4. The Labute approximate surface area is 171 Å². The molecule has 1 aromatic carbocycles. The SMILES string of the molecule is N#Cc1ccc(-c2nnc(N[C@@H]3CCCN(C4CC4)C3)c3c2CCCC3)c(O)c1. The number of aromatic nitrogens is 2. The van der Waals surface area contributed by atoms with Crippen LogP contribution in [0.5, 0.6) is 5.75 Å². The number of fused-ring (bicyclic) bond motifs is 1. The first-order valence-electron chi connectivity index (χ1n) is 10.9. The molecule has 2 aromatic rings. The van der Waals surface area contributed by atoms with E-state index in [1.54, 1.807) is 12.1 Å². The van der Waals surface area contributed by atoms with E-state index >= 15 is 0 Å². The minimum absolute atomic E-state index is 0.0965. The molecule has 5 rings (SSSR count). The second kappa shape index (κ2) is 7.64. The molecule has 2 aliphatic carbocycles. The highest BCUT2D eigenvalue weighted by Crippen LogP contribution is 2.37. The van der Waals surface area contributed by atoms with Crippen LogP contribution in [0.1, 0.15) is 55.2 Å². The molecule has 0 radical (unpaired) electrons. The first-order valence-corrected chi connectivity index (χ1v) is 10.9. The van der Waals surface area contributed by atoms with Crippen LogP contribution in [-0.2, 0) is 12.8 Å². The smallest absolute Gasteiger partial charge is 0.152 e. The van der Waals surface area contributed by atoms with Crippen LogP contribution in [0, 0.1) is 11.3 Å². The standard InChI is InChI=1S/C23H27N5O/c24-13-15-7-10-20(21(29)12-15)22-18-5-1-2-6-19(18)23(27-26-22)25-16-4-3-11-28(14-16)17-8-9-17/h7,10,12,16-17,29H,1-6,8-9,11,14H2,(H,25,27)/t16-/m1/s1. The van der Waals surface area contributed by atoms with Crippen molar-refractivity contribution in [1.82, 2.24) is 15.1 Å². The van der Waals surface area contributed by atoms with Crippen molar-refractivity contribution in [1.29, 1.82) is 5.26 Å². The highest BCUT2D eigenvalue weighted by atomic mass is 16.3. The van der Waals surface area contributed by atoms with Gasteiger partial charge in [-0.25, -0.2) is 0 Å². The van der Waals surface area contributed by atoms with Gasteiger partial charge in [0.05, 0.1) is 11.6 Å². The summed E-state index contributed by atoms with van der Waals surface area (Å²) < 4.78 is 0. The van der Waals surface area contributed by atoms with Crippen LogP contribution in [0.15, 0.2) is 18.2 Å². The zero-order valence-electron chi connectivity index (χ0n) is 16.7. The average molecular weight is 390 g/mol. The van der Waals surface area contributed by atoms with Crippen molar-refractivity contribution in [2.75, 3.05) is 18.4 Å². The number of benzene rings is 1. The number of phenolic OH excluding ortho intramolecular Hbond substituents is 1. The summed E-state index contributed by atoms with van der Waals surface area (Å²) in [5, 5.41) is 32.3. The van der Waals surface area contributed by atoms with Gasteiger partial charge in [-0.3, -0.25) is 4.90 Å². The maximum absolute atomic E-state index is 10.5. The number of nitriles is 1. The van der Waals surface area contributed by atoms with E-state index < -0.39 is 0 Å². The van der Waals surface area contributed by atoms with Gasteiger partial charge in [0.25, 0.3) is 0 Å². The largest absolute Gasteiger partial charge is 0.507 e. The van der Waals surface area contributed by atoms with Gasteiger partial charge in [0.1, 0.15) is 11.4 Å². The first-order chi connectivity index (χ1) is 14.2. The zero-order chi connectivity index (χ0) is 19.8. The summed E-state index contributed by atoms with van der Waals surface area (Å²) in [6.45, 7) is 2.32. The monoisotopic (exact) mass is 389 g/mol. The lowest BCUT2D eigenvalue weighted by molar-refractivity contribution is 0.207. The quantitative estimate of drug-likeness (QED) is 0.830. The molecule has 2 N–H and O–H groups in total. The van der Waals surface area contributed by atoms with Crippen LogP contribution in [0.4, 0.5) is 5.82 Å². The maximum atomic E-state index is 10.5. The molecular formula is C23H27N5O. The van der Waals surface area contributed by atoms with Crippen LogP contribution in [0.2, 0.25) is 0 Å². The Morgan fingerprint density at radius 3 is 2.66 bits per heavy atom. The minimum atomic E-state index is 0.0965. The Morgan fingerprint density at radius 1 is 1.07 bits per heavy atom. The lowest BCUT2D eigenvalue weighted by Gasteiger charge is -2.34. The topological polar surface area (TPSA) is 85.1 Å². The molecule has 6 nitrogen and oxygen atoms in total. The molecule has 6 heteroatoms. The third-order valence-electron chi connectivity index (χ3n) is 6.53. The summed E-state index contributed by atoms with van der Waals surface area (Å²) >= 11 is 0. The van der Waals surface area contributed by atoms with Gasteiger partial charge in [-0.1, -0.05) is 0 Å². The van der Waals surface area contributed by atoms with Gasteiger partial charge in [-0.15, -0.1) is 10.2 Å². The number of anilines is 1. The van der Waals surface area contributed by atoms with E-state index in [2.05, 4.69) is 26.5 Å². The average Bonchev–Trinajstić information content (AvgIpc) is 3.60. The van der Waals surface area contributed by atoms with E-state index in [-0.39, 0.29) is 5.75 Å². The Balaban J connectivity index is 1.45. The van der Waals surface area contributed by atoms with Crippen LogP contribution in [0.25, 0.3) is 11.3 Å². The fraction of sp³-hybridized carbons (Fsp3) is 0.522. The molecular weight excluding hydrogens is 362 g/mol. The van der Waals surface area contributed by atoms with Crippen LogP contribution in [-0.4, -0.2) is 45.4 Å². The maximum Gasteiger partial charge on any atom is 0.152 e. The number of nitrogens with zero attached hydrogens (tertiary/aromatic N) is 4. The molecule has 2 fully saturated rings. The van der Waals surface area contributed by atoms with Crippen LogP contribution in [0.3, 0.4) is 0 Å². The second-order valence-corrected chi connectivity index (χ2v) is 8.61. The van der Waals surface area contributed by atoms with E-state index in [1.807, 2.05) is 0 Å². The summed E-state index contributed by atoms with van der Waals surface area (Å²) in [5.41, 5.74) is 4.33. The van der Waals surface area contributed by atoms with Gasteiger partial charge >= 0.3 is 0 Å². The molecule has 3 aliphatic rings. The third-order valence-corrected chi connectivity index (χ3v) is 6.53. The number of hydrogen-bond donors (Lipinski definition) is 2. The Morgan fingerprint density at radius 2 is 1.90 bits per heavy atom. The fourth-order valence-corrected chi connectivity index (χ4v) is 4.87. The van der Waals surface area contributed by atoms with Gasteiger partial charge in [0, 0.05) is 29.8 Å². The molecule has 2 heterocycles. The number of rotatable bonds is 4. The highest BCUT2D eigenvalue weighted by molar-refractivity contribution is 5.73. The van der Waals surface area contributed by atoms with Crippen molar-refractivity contribution < 1.29 is 5.11 Å². The number of hydrogen-bond acceptors (Lipinski definition) is 6. The number of phenols is 1. The number of aromatic hydroxyl groups is 1. The molecule has 150 valence electrons. The lowest BCUT2D eigenvalue weighted by Crippen LogP contribution is -2.43. The molecule has 1 saturated heterocycles. The normalized spacial score (nSPS) is 22.0. The zero-order valence-corrected chi connectivity index (χ0v) is 16.7. The predicted molar refractivity (Wildman–Crippen MR) is 112 cm³/mol. The van der Waals surface area contributed by atoms with E-state index in [4.69, 9.17) is 5.26 Å². The molecule has 1 atom stereocenters. The Hall–Kier alpha value is -2.65. The van der Waals surface area contributed by atoms with Crippen LogP contribution < -0.4 is 5.32 Å². The van der Waals surface area contributed by atoms with E-state index in [9.17, 15) is 5.11 Å². The van der Waals surface area contributed by atoms with Gasteiger partial charge in [0.15, 0.2) is 5.82 Å². The summed E-state index contributed by atoms with van der Waals surface area (Å²) in [7, 11) is 0. The van der Waals surface area contributed by atoms with E-state index in [0.29, 0.717) is 17.2 Å². The summed E-state index contributed by atoms with van der Waals surface area (Å²) in [6, 6.07) is 8.33. The Bertz CT molecular complexity index is 962. The lowest BCUT2D eigenvalue weighted by atomic mass is 9.88. The van der Waals surface area contributed by atoms with Crippen molar-refractivity contribution >= 4 is 5.82 Å². The van der Waals surface area contributed by atoms with Crippen molar-refractivity contribution in [3.63, 3.8) is 0 Å². The number of likely N-dealkylation sites (tertiary alicyclic amines) is 1. The molecule has 0 spiro atoms. The molecule has 1 saturated carbocycles. The molecule has 29 heavy (non-hydrogen) atoms. The summed E-state index contributed by atoms with van der Waals surface area (Å²) in [6.07, 6.45) is 9.35. The van der Waals surface area contributed by atoms with Crippen molar-refractivity contribution in [3.8, 4) is 23.1 Å². The van der Waals surface area contributed by atoms with Gasteiger partial charge < -0.3 is 10.4 Å². The summed E-state index contributed by atoms with van der Waals surface area (Å²) in [5.74, 6) is 1.03. The van der Waals surface area contributed by atoms with E-state index in [0.717, 1.165) is 49.8 Å².